The molecule has 0 bridgehead atoms. The zero-order valence-corrected chi connectivity index (χ0v) is 14.8. The molecule has 1 aliphatic heterocycles. The molecule has 0 aromatic carbocycles. The van der Waals surface area contributed by atoms with Gasteiger partial charge in [0.1, 0.15) is 5.52 Å². The van der Waals surface area contributed by atoms with E-state index in [1.54, 1.807) is 6.20 Å². The number of rotatable bonds is 1. The summed E-state index contributed by atoms with van der Waals surface area (Å²) in [6, 6.07) is 4.47. The number of fused-ring (bicyclic) bond motifs is 1. The Kier molecular flexibility index (Phi) is 4.82. The second kappa shape index (κ2) is 6.22. The molecule has 3 rings (SSSR count). The van der Waals surface area contributed by atoms with Gasteiger partial charge in [0.25, 0.3) is 0 Å². The number of halogens is 6. The first-order valence-electron chi connectivity index (χ1n) is 7.41. The van der Waals surface area contributed by atoms with Gasteiger partial charge in [0.2, 0.25) is 5.65 Å². The van der Waals surface area contributed by atoms with Crippen molar-refractivity contribution in [3.63, 3.8) is 0 Å². The van der Waals surface area contributed by atoms with Gasteiger partial charge in [0.05, 0.1) is 27.2 Å². The summed E-state index contributed by atoms with van der Waals surface area (Å²) >= 11 is 0. The van der Waals surface area contributed by atoms with Crippen LogP contribution in [-0.2, 0) is 0 Å². The molecule has 2 aromatic heterocycles. The zero-order valence-electron chi connectivity index (χ0n) is 13.9. The average molecular weight is 406 g/mol. The van der Waals surface area contributed by atoms with Crippen molar-refractivity contribution < 1.29 is 34.6 Å². The standard InChI is InChI=1S/C12H17N6O.F6P/c1-16(2)12(17-8-3-4-9-17)19-18-11-10(14-15-18)6-5-7-13-11;1-7(2,3,4,5)6/h5-7H,3-4,8-9H2,1-2H3;/q+1;-1. The maximum atomic E-state index is 9.87. The Hall–Kier alpha value is -2.17. The molecule has 14 heteroatoms. The van der Waals surface area contributed by atoms with Crippen LogP contribution in [0.3, 0.4) is 0 Å². The quantitative estimate of drug-likeness (QED) is 0.239. The van der Waals surface area contributed by atoms with Crippen LogP contribution >= 0.6 is 7.81 Å². The van der Waals surface area contributed by atoms with Crippen LogP contribution < -0.4 is 4.84 Å². The van der Waals surface area contributed by atoms with Gasteiger partial charge < -0.3 is 0 Å². The minimum absolute atomic E-state index is 0.626. The summed E-state index contributed by atoms with van der Waals surface area (Å²) in [5, 5.41) is 8.03. The fourth-order valence-corrected chi connectivity index (χ4v) is 2.21. The summed E-state index contributed by atoms with van der Waals surface area (Å²) in [7, 11) is -6.74. The predicted octanol–water partition coefficient (Wildman–Crippen LogP) is 3.36. The van der Waals surface area contributed by atoms with E-state index in [4.69, 9.17) is 4.84 Å². The van der Waals surface area contributed by atoms with Gasteiger partial charge in [-0.2, -0.15) is 0 Å². The topological polar surface area (TPSA) is 59.1 Å². The van der Waals surface area contributed by atoms with Gasteiger partial charge in [-0.05, 0) is 35.0 Å². The molecule has 0 amide bonds. The van der Waals surface area contributed by atoms with Crippen molar-refractivity contribution in [2.24, 2.45) is 0 Å². The molecule has 0 atom stereocenters. The van der Waals surface area contributed by atoms with Crippen LogP contribution in [0.25, 0.3) is 11.2 Å². The molecule has 1 saturated heterocycles. The molecule has 1 aliphatic rings. The van der Waals surface area contributed by atoms with Crippen molar-refractivity contribution in [2.45, 2.75) is 12.8 Å². The average Bonchev–Trinajstić information content (AvgIpc) is 3.11. The number of aromatic nitrogens is 4. The van der Waals surface area contributed by atoms with Gasteiger partial charge in [0, 0.05) is 6.20 Å². The fourth-order valence-electron chi connectivity index (χ4n) is 2.21. The van der Waals surface area contributed by atoms with E-state index < -0.39 is 7.81 Å². The van der Waals surface area contributed by atoms with Crippen molar-refractivity contribution >= 4 is 25.0 Å². The van der Waals surface area contributed by atoms with E-state index in [0.29, 0.717) is 5.65 Å². The third kappa shape index (κ3) is 6.98. The molecule has 3 heterocycles. The van der Waals surface area contributed by atoms with Crippen LogP contribution in [0.15, 0.2) is 18.3 Å². The van der Waals surface area contributed by atoms with Crippen molar-refractivity contribution in [3.05, 3.63) is 18.3 Å². The van der Waals surface area contributed by atoms with Gasteiger partial charge >= 0.3 is 39.0 Å². The van der Waals surface area contributed by atoms with Gasteiger partial charge in [-0.15, -0.1) is 5.10 Å². The Balaban J connectivity index is 0.000000298. The Labute approximate surface area is 144 Å². The second-order valence-electron chi connectivity index (χ2n) is 5.73. The van der Waals surface area contributed by atoms with E-state index in [1.807, 2.05) is 30.8 Å². The van der Waals surface area contributed by atoms with Gasteiger partial charge in [-0.25, -0.2) is 14.5 Å². The number of hydrogen-bond donors (Lipinski definition) is 0. The van der Waals surface area contributed by atoms with Gasteiger partial charge in [-0.1, -0.05) is 0 Å². The zero-order chi connectivity index (χ0) is 19.7. The molecule has 0 radical (unpaired) electrons. The number of amidine groups is 1. The molecule has 2 aromatic rings. The van der Waals surface area contributed by atoms with Crippen LogP contribution in [-0.4, -0.2) is 62.8 Å². The molecule has 26 heavy (non-hydrogen) atoms. The van der Waals surface area contributed by atoms with Gasteiger partial charge in [-0.3, -0.25) is 4.84 Å². The molecular formula is C12H17F6N6OP. The van der Waals surface area contributed by atoms with Crippen molar-refractivity contribution in [2.75, 3.05) is 27.2 Å². The Morgan fingerprint density at radius 2 is 1.69 bits per heavy atom. The van der Waals surface area contributed by atoms with E-state index in [2.05, 4.69) is 20.2 Å². The maximum absolute atomic E-state index is 10.7. The monoisotopic (exact) mass is 406 g/mol. The molecule has 0 unspecified atom stereocenters. The third-order valence-corrected chi connectivity index (χ3v) is 3.11. The minimum atomic E-state index is -10.7. The molecule has 0 N–H and O–H groups in total. The molecule has 148 valence electrons. The summed E-state index contributed by atoms with van der Waals surface area (Å²) in [5.74, 6) is 0. The second-order valence-corrected chi connectivity index (χ2v) is 7.65. The van der Waals surface area contributed by atoms with Crippen LogP contribution in [0.4, 0.5) is 25.2 Å². The summed E-state index contributed by atoms with van der Waals surface area (Å²) < 4.78 is 61.1. The normalized spacial score (nSPS) is 17.2. The Morgan fingerprint density at radius 1 is 1.12 bits per heavy atom. The molecular weight excluding hydrogens is 389 g/mol. The fraction of sp³-hybridized carbons (Fsp3) is 0.500. The first kappa shape index (κ1) is 20.1. The predicted molar refractivity (Wildman–Crippen MR) is 83.4 cm³/mol. The van der Waals surface area contributed by atoms with E-state index in [0.717, 1.165) is 24.6 Å². The van der Waals surface area contributed by atoms with Gasteiger partial charge in [0.15, 0.2) is 0 Å². The van der Waals surface area contributed by atoms with Crippen molar-refractivity contribution in [1.29, 1.82) is 0 Å². The summed E-state index contributed by atoms with van der Waals surface area (Å²) in [5.41, 5.74) is 1.35. The van der Waals surface area contributed by atoms with Crippen LogP contribution in [0.5, 0.6) is 0 Å². The molecule has 0 aliphatic carbocycles. The molecule has 1 fully saturated rings. The van der Waals surface area contributed by atoms with Crippen LogP contribution in [0.2, 0.25) is 0 Å². The van der Waals surface area contributed by atoms with E-state index in [9.17, 15) is 25.2 Å². The Morgan fingerprint density at radius 3 is 2.23 bits per heavy atom. The first-order valence-corrected chi connectivity index (χ1v) is 9.44. The number of likely N-dealkylation sites (tertiary alicyclic amines) is 1. The van der Waals surface area contributed by atoms with Crippen LogP contribution in [0.1, 0.15) is 12.8 Å². The summed E-state index contributed by atoms with van der Waals surface area (Å²) in [4.78, 5) is 13.7. The first-order chi connectivity index (χ1) is 11.7. The van der Waals surface area contributed by atoms with E-state index >= 15 is 0 Å². The molecule has 7 nitrogen and oxygen atoms in total. The molecule has 0 saturated carbocycles. The van der Waals surface area contributed by atoms with Crippen molar-refractivity contribution in [3.8, 4) is 0 Å². The van der Waals surface area contributed by atoms with Crippen molar-refractivity contribution in [1.82, 2.24) is 25.0 Å². The SMILES string of the molecule is C[N+](C)=C(On1nnc2cccnc21)N1CCCC1.F[P-](F)(F)(F)(F)F. The third-order valence-electron chi connectivity index (χ3n) is 3.11. The summed E-state index contributed by atoms with van der Waals surface area (Å²) in [6.45, 7) is 2.02. The van der Waals surface area contributed by atoms with E-state index in [-0.39, 0.29) is 0 Å². The van der Waals surface area contributed by atoms with E-state index in [1.165, 1.54) is 17.7 Å². The number of nitrogens with zero attached hydrogens (tertiary/aromatic N) is 6. The molecule has 0 spiro atoms. The number of hydrogen-bond acceptors (Lipinski definition) is 4. The van der Waals surface area contributed by atoms with Crippen LogP contribution in [0, 0.1) is 0 Å². The summed E-state index contributed by atoms with van der Waals surface area (Å²) in [6.07, 6.45) is 4.09. The number of pyridine rings is 1. The Bertz CT molecular complexity index is 799.